The molecular formula is C10H20ClNO3. The Morgan fingerprint density at radius 3 is 2.07 bits per heavy atom. The highest BCUT2D eigenvalue weighted by Gasteiger charge is 2.41. The molecule has 15 heavy (non-hydrogen) atoms. The van der Waals surface area contributed by atoms with Gasteiger partial charge in [0.1, 0.15) is 6.54 Å². The summed E-state index contributed by atoms with van der Waals surface area (Å²) in [5, 5.41) is 19.3. The van der Waals surface area contributed by atoms with Crippen molar-refractivity contribution in [2.24, 2.45) is 0 Å². The van der Waals surface area contributed by atoms with Crippen molar-refractivity contribution >= 4 is 5.78 Å². The summed E-state index contributed by atoms with van der Waals surface area (Å²) in [6.07, 6.45) is 0.170. The van der Waals surface area contributed by atoms with Crippen LogP contribution in [0.1, 0.15) is 20.3 Å². The van der Waals surface area contributed by atoms with Gasteiger partial charge in [0, 0.05) is 0 Å². The Morgan fingerprint density at radius 1 is 1.40 bits per heavy atom. The number of hydrogen-bond donors (Lipinski definition) is 2. The lowest BCUT2D eigenvalue weighted by atomic mass is 10.1. The lowest BCUT2D eigenvalue weighted by Crippen LogP contribution is -3.00. The SMILES string of the molecule is C=C(C)C(=O)C[N+](C)(C)C(O)(O)CC.[Cl-]. The van der Waals surface area contributed by atoms with Crippen LogP contribution < -0.4 is 12.4 Å². The number of nitrogens with zero attached hydrogens (tertiary/aromatic N) is 1. The van der Waals surface area contributed by atoms with Crippen molar-refractivity contribution in [1.29, 1.82) is 0 Å². The number of aliphatic hydroxyl groups is 2. The molecule has 0 aliphatic heterocycles. The van der Waals surface area contributed by atoms with E-state index < -0.39 is 5.91 Å². The summed E-state index contributed by atoms with van der Waals surface area (Å²) < 4.78 is -0.171. The summed E-state index contributed by atoms with van der Waals surface area (Å²) in [4.78, 5) is 11.4. The lowest BCUT2D eigenvalue weighted by molar-refractivity contribution is -0.988. The molecule has 90 valence electrons. The Hall–Kier alpha value is -0.420. The molecule has 0 radical (unpaired) electrons. The second-order valence-corrected chi connectivity index (χ2v) is 4.17. The summed E-state index contributed by atoms with van der Waals surface area (Å²) in [7, 11) is 3.20. The number of ketones is 1. The van der Waals surface area contributed by atoms with Crippen molar-refractivity contribution in [1.82, 2.24) is 0 Å². The van der Waals surface area contributed by atoms with Crippen LogP contribution in [-0.2, 0) is 4.79 Å². The van der Waals surface area contributed by atoms with Crippen LogP contribution in [0, 0.1) is 0 Å². The van der Waals surface area contributed by atoms with Gasteiger partial charge in [-0.2, -0.15) is 0 Å². The van der Waals surface area contributed by atoms with Gasteiger partial charge in [-0.1, -0.05) is 13.5 Å². The van der Waals surface area contributed by atoms with E-state index >= 15 is 0 Å². The molecule has 0 aromatic rings. The molecule has 5 heteroatoms. The van der Waals surface area contributed by atoms with E-state index in [1.54, 1.807) is 27.9 Å². The number of hydrogen-bond acceptors (Lipinski definition) is 3. The van der Waals surface area contributed by atoms with Gasteiger partial charge in [0.25, 0.3) is 0 Å². The van der Waals surface area contributed by atoms with Gasteiger partial charge in [0.15, 0.2) is 0 Å². The average molecular weight is 238 g/mol. The molecule has 0 amide bonds. The summed E-state index contributed by atoms with van der Waals surface area (Å²) in [6.45, 7) is 6.84. The van der Waals surface area contributed by atoms with E-state index in [4.69, 9.17) is 0 Å². The van der Waals surface area contributed by atoms with Crippen LogP contribution in [0.5, 0.6) is 0 Å². The highest BCUT2D eigenvalue weighted by molar-refractivity contribution is 5.95. The zero-order valence-corrected chi connectivity index (χ0v) is 10.5. The second kappa shape index (κ2) is 5.61. The van der Waals surface area contributed by atoms with Crippen molar-refractivity contribution in [3.8, 4) is 0 Å². The molecule has 0 aliphatic rings. The molecule has 0 fully saturated rings. The van der Waals surface area contributed by atoms with E-state index in [-0.39, 0.29) is 35.6 Å². The second-order valence-electron chi connectivity index (χ2n) is 4.17. The first kappa shape index (κ1) is 17.0. The fourth-order valence-electron chi connectivity index (χ4n) is 1.05. The van der Waals surface area contributed by atoms with Gasteiger partial charge in [-0.05, 0) is 12.5 Å². The zero-order valence-electron chi connectivity index (χ0n) is 9.75. The van der Waals surface area contributed by atoms with E-state index in [1.807, 2.05) is 0 Å². The predicted octanol–water partition coefficient (Wildman–Crippen LogP) is -2.74. The van der Waals surface area contributed by atoms with Crippen LogP contribution in [0.3, 0.4) is 0 Å². The molecule has 0 aliphatic carbocycles. The lowest BCUT2D eigenvalue weighted by Gasteiger charge is -2.39. The van der Waals surface area contributed by atoms with Crippen molar-refractivity contribution < 1.29 is 31.9 Å². The summed E-state index contributed by atoms with van der Waals surface area (Å²) >= 11 is 0. The smallest absolute Gasteiger partial charge is 0.313 e. The topological polar surface area (TPSA) is 57.5 Å². The monoisotopic (exact) mass is 237 g/mol. The van der Waals surface area contributed by atoms with Crippen LogP contribution in [-0.4, -0.2) is 47.0 Å². The summed E-state index contributed by atoms with van der Waals surface area (Å²) in [6, 6.07) is 0. The summed E-state index contributed by atoms with van der Waals surface area (Å²) in [5.74, 6) is -2.03. The quantitative estimate of drug-likeness (QED) is 0.310. The first-order valence-corrected chi connectivity index (χ1v) is 4.60. The molecule has 2 N–H and O–H groups in total. The molecule has 0 saturated heterocycles. The number of Topliss-reactive ketones (excluding diaryl/α,β-unsaturated/α-hetero) is 1. The van der Waals surface area contributed by atoms with Crippen molar-refractivity contribution in [2.45, 2.75) is 26.2 Å². The Morgan fingerprint density at radius 2 is 1.80 bits per heavy atom. The van der Waals surface area contributed by atoms with Gasteiger partial charge < -0.3 is 22.6 Å². The van der Waals surface area contributed by atoms with Crippen molar-refractivity contribution in [3.05, 3.63) is 12.2 Å². The van der Waals surface area contributed by atoms with Gasteiger partial charge >= 0.3 is 5.91 Å². The first-order chi connectivity index (χ1) is 6.14. The molecule has 0 aromatic heterocycles. The summed E-state index contributed by atoms with van der Waals surface area (Å²) in [5.41, 5.74) is 0.433. The number of rotatable bonds is 5. The Balaban J connectivity index is 0. The molecule has 0 unspecified atom stereocenters. The highest BCUT2D eigenvalue weighted by Crippen LogP contribution is 2.18. The molecule has 0 heterocycles. The van der Waals surface area contributed by atoms with Gasteiger partial charge in [-0.15, -0.1) is 0 Å². The number of halogens is 1. The Kier molecular flexibility index (Phi) is 6.35. The van der Waals surface area contributed by atoms with Crippen LogP contribution in [0.15, 0.2) is 12.2 Å². The molecule has 0 saturated carbocycles. The fraction of sp³-hybridized carbons (Fsp3) is 0.700. The van der Waals surface area contributed by atoms with E-state index in [0.29, 0.717) is 5.57 Å². The van der Waals surface area contributed by atoms with Gasteiger partial charge in [0.05, 0.1) is 20.5 Å². The zero-order chi connectivity index (χ0) is 11.6. The molecule has 0 atom stereocenters. The molecule has 0 aromatic carbocycles. The minimum Gasteiger partial charge on any atom is -1.00 e. The maximum atomic E-state index is 11.4. The minimum atomic E-state index is -1.87. The molecule has 0 bridgehead atoms. The van der Waals surface area contributed by atoms with E-state index in [9.17, 15) is 15.0 Å². The number of carbonyl (C=O) groups excluding carboxylic acids is 1. The third-order valence-corrected chi connectivity index (χ3v) is 2.46. The molecule has 0 rings (SSSR count). The maximum Gasteiger partial charge on any atom is 0.313 e. The van der Waals surface area contributed by atoms with Gasteiger partial charge in [0.2, 0.25) is 5.78 Å². The predicted molar refractivity (Wildman–Crippen MR) is 54.3 cm³/mol. The normalized spacial score (nSPS) is 11.9. The number of quaternary nitrogens is 1. The Bertz CT molecular complexity index is 249. The van der Waals surface area contributed by atoms with E-state index in [2.05, 4.69) is 6.58 Å². The van der Waals surface area contributed by atoms with Crippen molar-refractivity contribution in [2.75, 3.05) is 20.6 Å². The number of likely N-dealkylation sites (N-methyl/N-ethyl adjacent to an activating group) is 1. The van der Waals surface area contributed by atoms with Crippen LogP contribution >= 0.6 is 0 Å². The van der Waals surface area contributed by atoms with Crippen molar-refractivity contribution in [3.63, 3.8) is 0 Å². The highest BCUT2D eigenvalue weighted by atomic mass is 35.5. The maximum absolute atomic E-state index is 11.4. The fourth-order valence-corrected chi connectivity index (χ4v) is 1.05. The Labute approximate surface area is 97.2 Å². The molecule has 4 nitrogen and oxygen atoms in total. The third-order valence-electron chi connectivity index (χ3n) is 2.46. The van der Waals surface area contributed by atoms with Crippen LogP contribution in [0.4, 0.5) is 0 Å². The largest absolute Gasteiger partial charge is 1.00 e. The van der Waals surface area contributed by atoms with E-state index in [1.165, 1.54) is 0 Å². The van der Waals surface area contributed by atoms with E-state index in [0.717, 1.165) is 0 Å². The molecular weight excluding hydrogens is 218 g/mol. The van der Waals surface area contributed by atoms with Gasteiger partial charge in [-0.3, -0.25) is 9.28 Å². The van der Waals surface area contributed by atoms with Crippen LogP contribution in [0.25, 0.3) is 0 Å². The third kappa shape index (κ3) is 4.30. The van der Waals surface area contributed by atoms with Crippen LogP contribution in [0.2, 0.25) is 0 Å². The average Bonchev–Trinajstić information content (AvgIpc) is 2.03. The first-order valence-electron chi connectivity index (χ1n) is 4.60. The standard InChI is InChI=1S/C10H20NO3.ClH/c1-6-10(13,14)11(4,5)7-9(12)8(2)3;/h13-14H,2,6-7H2,1,3-5H3;1H/q+1;/p-1. The molecule has 0 spiro atoms. The minimum absolute atomic E-state index is 0. The van der Waals surface area contributed by atoms with Gasteiger partial charge in [-0.25, -0.2) is 0 Å². The number of carbonyl (C=O) groups is 1.